The van der Waals surface area contributed by atoms with Crippen LogP contribution >= 0.6 is 0 Å². The van der Waals surface area contributed by atoms with Crippen molar-refractivity contribution in [3.63, 3.8) is 0 Å². The van der Waals surface area contributed by atoms with Crippen LogP contribution in [-0.2, 0) is 9.59 Å². The number of carbonyl (C=O) groups excluding carboxylic acids is 2. The van der Waals surface area contributed by atoms with Crippen molar-refractivity contribution in [3.8, 4) is 17.2 Å². The Kier molecular flexibility index (Phi) is 6.54. The second kappa shape index (κ2) is 9.70. The molecular weight excluding hydrogens is 432 g/mol. The molecule has 1 heterocycles. The standard InChI is InChI=1S/C27H26N2O5/c1-5-34-21-13-8-18(9-14-21)24-25(28-19-10-15-22(32-3)23(16-19)33-4)27(31)29(26(24)30)20-11-6-17(2)7-12-20/h6-16,28H,5H2,1-4H3. The van der Waals surface area contributed by atoms with Crippen LogP contribution in [0, 0.1) is 6.92 Å². The van der Waals surface area contributed by atoms with Crippen molar-refractivity contribution in [2.24, 2.45) is 0 Å². The zero-order valence-electron chi connectivity index (χ0n) is 19.5. The van der Waals surface area contributed by atoms with E-state index in [0.717, 1.165) is 5.56 Å². The monoisotopic (exact) mass is 458 g/mol. The van der Waals surface area contributed by atoms with Crippen molar-refractivity contribution >= 4 is 28.8 Å². The lowest BCUT2D eigenvalue weighted by atomic mass is 10.0. The Balaban J connectivity index is 1.79. The third kappa shape index (κ3) is 4.32. The molecular formula is C27H26N2O5. The zero-order chi connectivity index (χ0) is 24.2. The van der Waals surface area contributed by atoms with E-state index in [1.54, 1.807) is 61.7 Å². The van der Waals surface area contributed by atoms with Gasteiger partial charge in [-0.05, 0) is 55.8 Å². The Morgan fingerprint density at radius 1 is 0.824 bits per heavy atom. The highest BCUT2D eigenvalue weighted by molar-refractivity contribution is 6.46. The highest BCUT2D eigenvalue weighted by Gasteiger charge is 2.40. The number of carbonyl (C=O) groups is 2. The van der Waals surface area contributed by atoms with Crippen LogP contribution in [-0.4, -0.2) is 32.6 Å². The van der Waals surface area contributed by atoms with E-state index in [9.17, 15) is 9.59 Å². The molecule has 0 bridgehead atoms. The van der Waals surface area contributed by atoms with E-state index in [2.05, 4.69) is 5.32 Å². The predicted molar refractivity (Wildman–Crippen MR) is 131 cm³/mol. The van der Waals surface area contributed by atoms with Crippen LogP contribution in [0.4, 0.5) is 11.4 Å². The molecule has 1 N–H and O–H groups in total. The number of anilines is 2. The molecule has 0 atom stereocenters. The second-order valence-electron chi connectivity index (χ2n) is 7.68. The fourth-order valence-electron chi connectivity index (χ4n) is 3.78. The number of nitrogens with one attached hydrogen (secondary N) is 1. The summed E-state index contributed by atoms with van der Waals surface area (Å²) in [5.74, 6) is 0.911. The number of aryl methyl sites for hydroxylation is 1. The quantitative estimate of drug-likeness (QED) is 0.489. The van der Waals surface area contributed by atoms with Gasteiger partial charge in [-0.3, -0.25) is 9.59 Å². The number of nitrogens with zero attached hydrogens (tertiary/aromatic N) is 1. The normalized spacial score (nSPS) is 13.4. The maximum absolute atomic E-state index is 13.6. The van der Waals surface area contributed by atoms with Gasteiger partial charge in [-0.2, -0.15) is 0 Å². The van der Waals surface area contributed by atoms with Crippen LogP contribution in [0.15, 0.2) is 72.4 Å². The minimum Gasteiger partial charge on any atom is -0.494 e. The smallest absolute Gasteiger partial charge is 0.282 e. The largest absolute Gasteiger partial charge is 0.494 e. The van der Waals surface area contributed by atoms with Crippen LogP contribution in [0.3, 0.4) is 0 Å². The van der Waals surface area contributed by atoms with Crippen LogP contribution in [0.5, 0.6) is 17.2 Å². The molecule has 174 valence electrons. The molecule has 0 aromatic heterocycles. The second-order valence-corrected chi connectivity index (χ2v) is 7.68. The van der Waals surface area contributed by atoms with Crippen LogP contribution in [0.1, 0.15) is 18.1 Å². The van der Waals surface area contributed by atoms with Gasteiger partial charge in [-0.25, -0.2) is 4.90 Å². The summed E-state index contributed by atoms with van der Waals surface area (Å²) in [7, 11) is 3.09. The summed E-state index contributed by atoms with van der Waals surface area (Å²) in [6, 6.07) is 19.6. The van der Waals surface area contributed by atoms with E-state index >= 15 is 0 Å². The average molecular weight is 459 g/mol. The van der Waals surface area contributed by atoms with E-state index in [0.29, 0.717) is 40.8 Å². The van der Waals surface area contributed by atoms with Gasteiger partial charge in [0.15, 0.2) is 11.5 Å². The molecule has 0 radical (unpaired) electrons. The summed E-state index contributed by atoms with van der Waals surface area (Å²) in [4.78, 5) is 28.3. The van der Waals surface area contributed by atoms with Gasteiger partial charge in [0.25, 0.3) is 11.8 Å². The van der Waals surface area contributed by atoms with Gasteiger partial charge < -0.3 is 19.5 Å². The Bertz CT molecular complexity index is 1250. The molecule has 2 amide bonds. The first-order chi connectivity index (χ1) is 16.5. The average Bonchev–Trinajstić information content (AvgIpc) is 3.09. The summed E-state index contributed by atoms with van der Waals surface area (Å²) in [6.45, 7) is 4.39. The van der Waals surface area contributed by atoms with Crippen LogP contribution in [0.25, 0.3) is 5.57 Å². The number of ether oxygens (including phenoxy) is 3. The number of hydrogen-bond acceptors (Lipinski definition) is 6. The number of imide groups is 1. The number of hydrogen-bond donors (Lipinski definition) is 1. The van der Waals surface area contributed by atoms with Gasteiger partial charge in [0, 0.05) is 11.8 Å². The molecule has 0 saturated carbocycles. The molecule has 1 aliphatic heterocycles. The van der Waals surface area contributed by atoms with Gasteiger partial charge in [-0.1, -0.05) is 29.8 Å². The van der Waals surface area contributed by atoms with Crippen LogP contribution < -0.4 is 24.4 Å². The molecule has 0 aliphatic carbocycles. The molecule has 4 rings (SSSR count). The van der Waals surface area contributed by atoms with Crippen LogP contribution in [0.2, 0.25) is 0 Å². The topological polar surface area (TPSA) is 77.1 Å². The Hall–Kier alpha value is -4.26. The van der Waals surface area contributed by atoms with Crippen molar-refractivity contribution in [3.05, 3.63) is 83.6 Å². The minimum absolute atomic E-state index is 0.182. The Labute approximate surface area is 198 Å². The summed E-state index contributed by atoms with van der Waals surface area (Å²) in [6.07, 6.45) is 0. The third-order valence-electron chi connectivity index (χ3n) is 5.48. The number of rotatable bonds is 8. The van der Waals surface area contributed by atoms with Crippen molar-refractivity contribution in [1.29, 1.82) is 0 Å². The van der Waals surface area contributed by atoms with E-state index in [4.69, 9.17) is 14.2 Å². The molecule has 0 unspecified atom stereocenters. The number of methoxy groups -OCH3 is 2. The fraction of sp³-hybridized carbons (Fsp3) is 0.185. The van der Waals surface area contributed by atoms with Gasteiger partial charge in [0.2, 0.25) is 0 Å². The summed E-state index contributed by atoms with van der Waals surface area (Å²) >= 11 is 0. The number of benzene rings is 3. The van der Waals surface area contributed by atoms with Crippen molar-refractivity contribution in [2.45, 2.75) is 13.8 Å². The lowest BCUT2D eigenvalue weighted by molar-refractivity contribution is -0.120. The zero-order valence-corrected chi connectivity index (χ0v) is 19.5. The van der Waals surface area contributed by atoms with E-state index in [1.807, 2.05) is 26.0 Å². The summed E-state index contributed by atoms with van der Waals surface area (Å²) in [5.41, 5.74) is 3.20. The maximum atomic E-state index is 13.6. The summed E-state index contributed by atoms with van der Waals surface area (Å²) in [5, 5.41) is 3.15. The molecule has 34 heavy (non-hydrogen) atoms. The lowest BCUT2D eigenvalue weighted by Crippen LogP contribution is -2.32. The lowest BCUT2D eigenvalue weighted by Gasteiger charge is -2.16. The number of amides is 2. The molecule has 1 aliphatic rings. The van der Waals surface area contributed by atoms with Gasteiger partial charge >= 0.3 is 0 Å². The first-order valence-electron chi connectivity index (χ1n) is 10.9. The molecule has 7 heteroatoms. The van der Waals surface area contributed by atoms with E-state index in [1.165, 1.54) is 12.0 Å². The van der Waals surface area contributed by atoms with Gasteiger partial charge in [0.1, 0.15) is 11.4 Å². The van der Waals surface area contributed by atoms with E-state index < -0.39 is 11.8 Å². The molecule has 3 aromatic rings. The van der Waals surface area contributed by atoms with Gasteiger partial charge in [-0.15, -0.1) is 0 Å². The fourth-order valence-corrected chi connectivity index (χ4v) is 3.78. The molecule has 0 saturated heterocycles. The molecule has 0 fully saturated rings. The highest BCUT2D eigenvalue weighted by atomic mass is 16.5. The molecule has 7 nitrogen and oxygen atoms in total. The molecule has 0 spiro atoms. The Morgan fingerprint density at radius 3 is 2.12 bits per heavy atom. The van der Waals surface area contributed by atoms with Crippen molar-refractivity contribution < 1.29 is 23.8 Å². The predicted octanol–water partition coefficient (Wildman–Crippen LogP) is 4.81. The first kappa shape index (κ1) is 22.9. The third-order valence-corrected chi connectivity index (χ3v) is 5.48. The first-order valence-corrected chi connectivity index (χ1v) is 10.9. The Morgan fingerprint density at radius 2 is 1.50 bits per heavy atom. The van der Waals surface area contributed by atoms with Gasteiger partial charge in [0.05, 0.1) is 32.1 Å². The van der Waals surface area contributed by atoms with Crippen molar-refractivity contribution in [2.75, 3.05) is 31.0 Å². The highest BCUT2D eigenvalue weighted by Crippen LogP contribution is 2.36. The van der Waals surface area contributed by atoms with Crippen molar-refractivity contribution in [1.82, 2.24) is 0 Å². The molecule has 3 aromatic carbocycles. The minimum atomic E-state index is -0.437. The SMILES string of the molecule is CCOc1ccc(C2=C(Nc3ccc(OC)c(OC)c3)C(=O)N(c3ccc(C)cc3)C2=O)cc1. The van der Waals surface area contributed by atoms with E-state index in [-0.39, 0.29) is 11.3 Å². The maximum Gasteiger partial charge on any atom is 0.282 e. The summed E-state index contributed by atoms with van der Waals surface area (Å²) < 4.78 is 16.2.